The summed E-state index contributed by atoms with van der Waals surface area (Å²) in [6, 6.07) is 5.89. The van der Waals surface area contributed by atoms with Crippen molar-refractivity contribution in [2.75, 3.05) is 33.4 Å². The van der Waals surface area contributed by atoms with E-state index in [1.54, 1.807) is 0 Å². The molecule has 1 fully saturated rings. The molecule has 1 heterocycles. The Morgan fingerprint density at radius 1 is 1.56 bits per heavy atom. The average molecular weight is 315 g/mol. The van der Waals surface area contributed by atoms with Gasteiger partial charge in [-0.1, -0.05) is 15.9 Å². The van der Waals surface area contributed by atoms with E-state index in [-0.39, 0.29) is 6.10 Å². The monoisotopic (exact) mass is 314 g/mol. The third-order valence-electron chi connectivity index (χ3n) is 3.01. The molecule has 1 saturated heterocycles. The van der Waals surface area contributed by atoms with Crippen LogP contribution < -0.4 is 10.5 Å². The predicted molar refractivity (Wildman–Crippen MR) is 74.8 cm³/mol. The maximum Gasteiger partial charge on any atom is 0.123 e. The van der Waals surface area contributed by atoms with Crippen LogP contribution in [0.4, 0.5) is 0 Å². The number of rotatable bonds is 4. The lowest BCUT2D eigenvalue weighted by Gasteiger charge is -2.30. The second-order valence-electron chi connectivity index (χ2n) is 4.52. The van der Waals surface area contributed by atoms with Crippen LogP contribution in [0, 0.1) is 0 Å². The molecule has 2 N–H and O–H groups in total. The first kappa shape index (κ1) is 13.8. The van der Waals surface area contributed by atoms with E-state index in [0.29, 0.717) is 13.2 Å². The van der Waals surface area contributed by atoms with E-state index < -0.39 is 0 Å². The summed E-state index contributed by atoms with van der Waals surface area (Å²) in [6.45, 7) is 3.71. The quantitative estimate of drug-likeness (QED) is 0.917. The number of ether oxygens (including phenoxy) is 2. The first-order valence-corrected chi connectivity index (χ1v) is 6.90. The summed E-state index contributed by atoms with van der Waals surface area (Å²) in [5, 5.41) is 0. The second kappa shape index (κ2) is 6.52. The molecule has 1 aliphatic heterocycles. The van der Waals surface area contributed by atoms with Gasteiger partial charge in [-0.25, -0.2) is 0 Å². The Kier molecular flexibility index (Phi) is 5.00. The first-order valence-electron chi connectivity index (χ1n) is 6.10. The molecule has 0 saturated carbocycles. The van der Waals surface area contributed by atoms with Crippen molar-refractivity contribution < 1.29 is 9.47 Å². The molecule has 0 aliphatic carbocycles. The highest BCUT2D eigenvalue weighted by Gasteiger charge is 2.18. The number of nitrogens with two attached hydrogens (primary N) is 1. The van der Waals surface area contributed by atoms with Gasteiger partial charge in [-0.3, -0.25) is 0 Å². The molecule has 1 aliphatic rings. The summed E-state index contributed by atoms with van der Waals surface area (Å²) in [5.74, 6) is 0.845. The Morgan fingerprint density at radius 3 is 3.11 bits per heavy atom. The van der Waals surface area contributed by atoms with Gasteiger partial charge in [-0.05, 0) is 25.2 Å². The van der Waals surface area contributed by atoms with Gasteiger partial charge in [0.05, 0.1) is 6.61 Å². The summed E-state index contributed by atoms with van der Waals surface area (Å²) >= 11 is 3.43. The first-order chi connectivity index (χ1) is 8.69. The van der Waals surface area contributed by atoms with E-state index in [0.717, 1.165) is 35.5 Å². The Hall–Kier alpha value is -0.620. The van der Waals surface area contributed by atoms with Crippen molar-refractivity contribution in [2.24, 2.45) is 5.73 Å². The number of benzene rings is 1. The molecule has 0 radical (unpaired) electrons. The minimum atomic E-state index is 0.137. The van der Waals surface area contributed by atoms with E-state index in [9.17, 15) is 0 Å². The van der Waals surface area contributed by atoms with Crippen LogP contribution in [0.3, 0.4) is 0 Å². The Labute approximate surface area is 116 Å². The van der Waals surface area contributed by atoms with Gasteiger partial charge in [-0.2, -0.15) is 0 Å². The molecule has 4 nitrogen and oxygen atoms in total. The molecule has 18 heavy (non-hydrogen) atoms. The van der Waals surface area contributed by atoms with Gasteiger partial charge in [-0.15, -0.1) is 0 Å². The number of morpholine rings is 1. The summed E-state index contributed by atoms with van der Waals surface area (Å²) in [7, 11) is 2.10. The van der Waals surface area contributed by atoms with Crippen molar-refractivity contribution >= 4 is 15.9 Å². The minimum absolute atomic E-state index is 0.137. The highest BCUT2D eigenvalue weighted by atomic mass is 79.9. The molecular weight excluding hydrogens is 296 g/mol. The fraction of sp³-hybridized carbons (Fsp3) is 0.538. The molecule has 0 spiro atoms. The highest BCUT2D eigenvalue weighted by molar-refractivity contribution is 9.10. The van der Waals surface area contributed by atoms with Crippen LogP contribution >= 0.6 is 15.9 Å². The number of nitrogens with zero attached hydrogens (tertiary/aromatic N) is 1. The SMILES string of the molecule is CN1CCOC(COc2ccc(Br)cc2CN)C1. The lowest BCUT2D eigenvalue weighted by atomic mass is 10.2. The maximum absolute atomic E-state index is 5.82. The molecule has 0 aromatic heterocycles. The molecule has 0 bridgehead atoms. The van der Waals surface area contributed by atoms with E-state index >= 15 is 0 Å². The molecule has 1 aromatic carbocycles. The number of hydrogen-bond acceptors (Lipinski definition) is 4. The third kappa shape index (κ3) is 3.68. The molecule has 0 amide bonds. The number of hydrogen-bond donors (Lipinski definition) is 1. The Balaban J connectivity index is 1.93. The van der Waals surface area contributed by atoms with E-state index in [2.05, 4.69) is 27.9 Å². The number of halogens is 1. The van der Waals surface area contributed by atoms with E-state index in [1.165, 1.54) is 0 Å². The van der Waals surface area contributed by atoms with Crippen molar-refractivity contribution in [1.82, 2.24) is 4.90 Å². The van der Waals surface area contributed by atoms with Crippen LogP contribution in [-0.4, -0.2) is 44.4 Å². The minimum Gasteiger partial charge on any atom is -0.490 e. The zero-order valence-corrected chi connectivity index (χ0v) is 12.1. The number of likely N-dealkylation sites (N-methyl/N-ethyl adjacent to an activating group) is 1. The predicted octanol–water partition coefficient (Wildman–Crippen LogP) is 1.62. The van der Waals surface area contributed by atoms with Gasteiger partial charge in [0.2, 0.25) is 0 Å². The molecular formula is C13H19BrN2O2. The van der Waals surface area contributed by atoms with Crippen LogP contribution in [0.1, 0.15) is 5.56 Å². The van der Waals surface area contributed by atoms with Gasteiger partial charge >= 0.3 is 0 Å². The molecule has 1 unspecified atom stereocenters. The third-order valence-corrected chi connectivity index (χ3v) is 3.50. The van der Waals surface area contributed by atoms with Crippen LogP contribution in [0.2, 0.25) is 0 Å². The standard InChI is InChI=1S/C13H19BrN2O2/c1-16-4-5-17-12(8-16)9-18-13-3-2-11(14)6-10(13)7-15/h2-3,6,12H,4-5,7-9,15H2,1H3. The van der Waals surface area contributed by atoms with Gasteiger partial charge in [0, 0.05) is 29.7 Å². The van der Waals surface area contributed by atoms with E-state index in [1.807, 2.05) is 18.2 Å². The lowest BCUT2D eigenvalue weighted by molar-refractivity contribution is -0.0404. The van der Waals surface area contributed by atoms with Crippen molar-refractivity contribution in [3.8, 4) is 5.75 Å². The van der Waals surface area contributed by atoms with E-state index in [4.69, 9.17) is 15.2 Å². The van der Waals surface area contributed by atoms with Crippen LogP contribution in [-0.2, 0) is 11.3 Å². The average Bonchev–Trinajstić information content (AvgIpc) is 2.37. The zero-order chi connectivity index (χ0) is 13.0. The molecule has 1 aromatic rings. The highest BCUT2D eigenvalue weighted by Crippen LogP contribution is 2.23. The largest absolute Gasteiger partial charge is 0.490 e. The summed E-state index contributed by atoms with van der Waals surface area (Å²) in [5.41, 5.74) is 6.72. The van der Waals surface area contributed by atoms with Crippen molar-refractivity contribution in [3.63, 3.8) is 0 Å². The fourth-order valence-electron chi connectivity index (χ4n) is 2.00. The maximum atomic E-state index is 5.82. The second-order valence-corrected chi connectivity index (χ2v) is 5.44. The molecule has 2 rings (SSSR count). The van der Waals surface area contributed by atoms with Gasteiger partial charge in [0.1, 0.15) is 18.5 Å². The van der Waals surface area contributed by atoms with Crippen LogP contribution in [0.5, 0.6) is 5.75 Å². The van der Waals surface area contributed by atoms with Gasteiger partial charge < -0.3 is 20.1 Å². The normalized spacial score (nSPS) is 20.9. The smallest absolute Gasteiger partial charge is 0.123 e. The lowest BCUT2D eigenvalue weighted by Crippen LogP contribution is -2.42. The Morgan fingerprint density at radius 2 is 2.39 bits per heavy atom. The fourth-order valence-corrected chi connectivity index (χ4v) is 2.41. The van der Waals surface area contributed by atoms with Crippen molar-refractivity contribution in [2.45, 2.75) is 12.6 Å². The van der Waals surface area contributed by atoms with Gasteiger partial charge in [0.25, 0.3) is 0 Å². The van der Waals surface area contributed by atoms with Crippen LogP contribution in [0.15, 0.2) is 22.7 Å². The molecule has 1 atom stereocenters. The topological polar surface area (TPSA) is 47.7 Å². The summed E-state index contributed by atoms with van der Waals surface area (Å²) < 4.78 is 12.5. The molecule has 5 heteroatoms. The summed E-state index contributed by atoms with van der Waals surface area (Å²) in [4.78, 5) is 2.25. The van der Waals surface area contributed by atoms with Crippen LogP contribution in [0.25, 0.3) is 0 Å². The Bertz CT molecular complexity index is 401. The van der Waals surface area contributed by atoms with Crippen molar-refractivity contribution in [3.05, 3.63) is 28.2 Å². The van der Waals surface area contributed by atoms with Gasteiger partial charge in [0.15, 0.2) is 0 Å². The molecule has 100 valence electrons. The van der Waals surface area contributed by atoms with Crippen molar-refractivity contribution in [1.29, 1.82) is 0 Å². The summed E-state index contributed by atoms with van der Waals surface area (Å²) in [6.07, 6.45) is 0.137. The zero-order valence-electron chi connectivity index (χ0n) is 10.6.